The van der Waals surface area contributed by atoms with Crippen LogP contribution in [-0.4, -0.2) is 34.6 Å². The van der Waals surface area contributed by atoms with Gasteiger partial charge in [0.25, 0.3) is 0 Å². The molecule has 2 aromatic carbocycles. The number of anilines is 1. The topological polar surface area (TPSA) is 93.7 Å². The summed E-state index contributed by atoms with van der Waals surface area (Å²) in [5.41, 5.74) is 1.33. The monoisotopic (exact) mass is 412 g/mol. The Morgan fingerprint density at radius 3 is 2.33 bits per heavy atom. The molecule has 9 heteroatoms. The van der Waals surface area contributed by atoms with Crippen molar-refractivity contribution in [3.05, 3.63) is 47.0 Å². The normalized spacial score (nSPS) is 12.3. The summed E-state index contributed by atoms with van der Waals surface area (Å²) < 4.78 is 37.7. The first-order valence-electron chi connectivity index (χ1n) is 7.99. The number of hydrogen-bond acceptors (Lipinski definition) is 5. The van der Waals surface area contributed by atoms with Crippen LogP contribution in [0.25, 0.3) is 0 Å². The fourth-order valence-corrected chi connectivity index (χ4v) is 3.79. The second kappa shape index (κ2) is 8.60. The minimum Gasteiger partial charge on any atom is -0.493 e. The number of aryl methyl sites for hydroxylation is 1. The second-order valence-electron chi connectivity index (χ2n) is 5.81. The SMILES string of the molecule is COc1ccc(S(=O)(=O)N[C@@H](C)C(=O)Nc2ccc(Cl)cc2C)cc1OC. The number of methoxy groups -OCH3 is 2. The average molecular weight is 413 g/mol. The van der Waals surface area contributed by atoms with Gasteiger partial charge in [-0.1, -0.05) is 11.6 Å². The van der Waals surface area contributed by atoms with Gasteiger partial charge in [-0.25, -0.2) is 8.42 Å². The van der Waals surface area contributed by atoms with Crippen LogP contribution in [0, 0.1) is 6.92 Å². The predicted octanol–water partition coefficient (Wildman–Crippen LogP) is 2.97. The molecule has 0 spiro atoms. The molecule has 1 atom stereocenters. The van der Waals surface area contributed by atoms with Crippen LogP contribution in [0.4, 0.5) is 5.69 Å². The summed E-state index contributed by atoms with van der Waals surface area (Å²) in [6.07, 6.45) is 0. The zero-order valence-corrected chi connectivity index (χ0v) is 16.9. The molecule has 7 nitrogen and oxygen atoms in total. The van der Waals surface area contributed by atoms with Crippen LogP contribution < -0.4 is 19.5 Å². The predicted molar refractivity (Wildman–Crippen MR) is 104 cm³/mol. The van der Waals surface area contributed by atoms with Gasteiger partial charge < -0.3 is 14.8 Å². The number of carbonyl (C=O) groups excluding carboxylic acids is 1. The third-order valence-corrected chi connectivity index (χ3v) is 5.61. The minimum absolute atomic E-state index is 0.0394. The van der Waals surface area contributed by atoms with Crippen molar-refractivity contribution in [2.45, 2.75) is 24.8 Å². The van der Waals surface area contributed by atoms with E-state index < -0.39 is 22.0 Å². The molecule has 0 fully saturated rings. The van der Waals surface area contributed by atoms with E-state index in [4.69, 9.17) is 21.1 Å². The molecule has 27 heavy (non-hydrogen) atoms. The van der Waals surface area contributed by atoms with Crippen molar-refractivity contribution in [2.24, 2.45) is 0 Å². The summed E-state index contributed by atoms with van der Waals surface area (Å²) in [5.74, 6) is 0.180. The number of nitrogens with one attached hydrogen (secondary N) is 2. The van der Waals surface area contributed by atoms with Crippen LogP contribution in [0.2, 0.25) is 5.02 Å². The van der Waals surface area contributed by atoms with Gasteiger partial charge in [0.05, 0.1) is 25.2 Å². The Morgan fingerprint density at radius 1 is 1.07 bits per heavy atom. The number of rotatable bonds is 7. The molecule has 0 saturated heterocycles. The number of benzene rings is 2. The first-order chi connectivity index (χ1) is 12.7. The standard InChI is InChI=1S/C18H21ClN2O5S/c1-11-9-13(19)5-7-15(11)20-18(22)12(2)21-27(23,24)14-6-8-16(25-3)17(10-14)26-4/h5-10,12,21H,1-4H3,(H,20,22)/t12-/m0/s1. The van der Waals surface area contributed by atoms with Crippen molar-refractivity contribution >= 4 is 33.2 Å². The van der Waals surface area contributed by atoms with Gasteiger partial charge in [0.1, 0.15) is 0 Å². The fourth-order valence-electron chi connectivity index (χ4n) is 2.35. The van der Waals surface area contributed by atoms with Gasteiger partial charge in [-0.05, 0) is 49.7 Å². The molecule has 0 aliphatic carbocycles. The summed E-state index contributed by atoms with van der Waals surface area (Å²) in [6.45, 7) is 3.25. The van der Waals surface area contributed by atoms with Crippen molar-refractivity contribution in [2.75, 3.05) is 19.5 Å². The highest BCUT2D eigenvalue weighted by Gasteiger charge is 2.23. The van der Waals surface area contributed by atoms with Gasteiger partial charge in [-0.3, -0.25) is 4.79 Å². The molecule has 2 N–H and O–H groups in total. The molecule has 1 amide bonds. The fraction of sp³-hybridized carbons (Fsp3) is 0.278. The lowest BCUT2D eigenvalue weighted by molar-refractivity contribution is -0.117. The third kappa shape index (κ3) is 5.12. The van der Waals surface area contributed by atoms with Crippen LogP contribution in [-0.2, 0) is 14.8 Å². The van der Waals surface area contributed by atoms with Gasteiger partial charge in [-0.15, -0.1) is 0 Å². The van der Waals surface area contributed by atoms with Crippen molar-refractivity contribution in [3.63, 3.8) is 0 Å². The van der Waals surface area contributed by atoms with E-state index in [9.17, 15) is 13.2 Å². The number of hydrogen-bond donors (Lipinski definition) is 2. The molecule has 0 radical (unpaired) electrons. The highest BCUT2D eigenvalue weighted by Crippen LogP contribution is 2.29. The molecule has 0 aromatic heterocycles. The van der Waals surface area contributed by atoms with E-state index in [0.29, 0.717) is 16.5 Å². The van der Waals surface area contributed by atoms with Gasteiger partial charge in [0, 0.05) is 16.8 Å². The van der Waals surface area contributed by atoms with Crippen LogP contribution in [0.5, 0.6) is 11.5 Å². The van der Waals surface area contributed by atoms with E-state index in [1.165, 1.54) is 39.3 Å². The quantitative estimate of drug-likeness (QED) is 0.729. The third-order valence-electron chi connectivity index (χ3n) is 3.84. The van der Waals surface area contributed by atoms with Gasteiger partial charge in [0.2, 0.25) is 15.9 Å². The van der Waals surface area contributed by atoms with E-state index >= 15 is 0 Å². The smallest absolute Gasteiger partial charge is 0.242 e. The molecule has 0 bridgehead atoms. The Hall–Kier alpha value is -2.29. The van der Waals surface area contributed by atoms with Gasteiger partial charge >= 0.3 is 0 Å². The number of halogens is 1. The summed E-state index contributed by atoms with van der Waals surface area (Å²) in [4.78, 5) is 12.3. The van der Waals surface area contributed by atoms with E-state index in [2.05, 4.69) is 10.0 Å². The molecule has 0 unspecified atom stereocenters. The summed E-state index contributed by atoms with van der Waals surface area (Å²) in [5, 5.41) is 3.23. The molecule has 0 heterocycles. The maximum Gasteiger partial charge on any atom is 0.242 e. The summed E-state index contributed by atoms with van der Waals surface area (Å²) >= 11 is 5.89. The minimum atomic E-state index is -3.94. The van der Waals surface area contributed by atoms with Crippen LogP contribution >= 0.6 is 11.6 Å². The Kier molecular flexibility index (Phi) is 6.69. The van der Waals surface area contributed by atoms with Crippen LogP contribution in [0.15, 0.2) is 41.3 Å². The average Bonchev–Trinajstić information content (AvgIpc) is 2.62. The van der Waals surface area contributed by atoms with E-state index in [1.807, 2.05) is 0 Å². The second-order valence-corrected chi connectivity index (χ2v) is 7.96. The molecular weight excluding hydrogens is 392 g/mol. The van der Waals surface area contributed by atoms with Crippen molar-refractivity contribution in [1.29, 1.82) is 0 Å². The highest BCUT2D eigenvalue weighted by molar-refractivity contribution is 7.89. The van der Waals surface area contributed by atoms with E-state index in [-0.39, 0.29) is 10.6 Å². The van der Waals surface area contributed by atoms with Gasteiger partial charge in [-0.2, -0.15) is 4.72 Å². The highest BCUT2D eigenvalue weighted by atomic mass is 35.5. The lowest BCUT2D eigenvalue weighted by Crippen LogP contribution is -2.41. The Bertz CT molecular complexity index is 947. The lowest BCUT2D eigenvalue weighted by atomic mass is 10.2. The molecule has 0 aliphatic heterocycles. The molecule has 0 saturated carbocycles. The number of ether oxygens (including phenoxy) is 2. The van der Waals surface area contributed by atoms with Crippen molar-refractivity contribution in [3.8, 4) is 11.5 Å². The molecular formula is C18H21ClN2O5S. The first kappa shape index (κ1) is 21.0. The maximum absolute atomic E-state index is 12.6. The van der Waals surface area contributed by atoms with Gasteiger partial charge in [0.15, 0.2) is 11.5 Å². The number of amides is 1. The largest absolute Gasteiger partial charge is 0.493 e. The van der Waals surface area contributed by atoms with Crippen LogP contribution in [0.3, 0.4) is 0 Å². The maximum atomic E-state index is 12.6. The zero-order valence-electron chi connectivity index (χ0n) is 15.4. The van der Waals surface area contributed by atoms with Crippen LogP contribution in [0.1, 0.15) is 12.5 Å². The zero-order chi connectivity index (χ0) is 20.2. The number of carbonyl (C=O) groups is 1. The first-order valence-corrected chi connectivity index (χ1v) is 9.85. The Labute approximate surface area is 163 Å². The Morgan fingerprint density at radius 2 is 1.74 bits per heavy atom. The van der Waals surface area contributed by atoms with E-state index in [1.54, 1.807) is 25.1 Å². The Balaban J connectivity index is 2.15. The summed E-state index contributed by atoms with van der Waals surface area (Å²) in [6, 6.07) is 8.18. The molecule has 2 aromatic rings. The van der Waals surface area contributed by atoms with Crippen molar-refractivity contribution in [1.82, 2.24) is 4.72 Å². The van der Waals surface area contributed by atoms with E-state index in [0.717, 1.165) is 5.56 Å². The number of sulfonamides is 1. The molecule has 146 valence electrons. The van der Waals surface area contributed by atoms with Crippen molar-refractivity contribution < 1.29 is 22.7 Å². The summed E-state index contributed by atoms with van der Waals surface area (Å²) in [7, 11) is -1.08. The molecule has 0 aliphatic rings. The molecule has 2 rings (SSSR count). The lowest BCUT2D eigenvalue weighted by Gasteiger charge is -2.16.